The molecule has 4 N–H and O–H groups in total. The van der Waals surface area contributed by atoms with Crippen molar-refractivity contribution < 1.29 is 57.0 Å². The lowest BCUT2D eigenvalue weighted by molar-refractivity contribution is -0.140. The summed E-state index contributed by atoms with van der Waals surface area (Å²) in [5.41, 5.74) is 2.45. The van der Waals surface area contributed by atoms with Crippen molar-refractivity contribution in [3.05, 3.63) is 23.3 Å². The Morgan fingerprint density at radius 3 is 1.39 bits per heavy atom. The van der Waals surface area contributed by atoms with Gasteiger partial charge in [0.25, 0.3) is 0 Å². The third-order valence-electron chi connectivity index (χ3n) is 8.29. The molecule has 0 saturated heterocycles. The van der Waals surface area contributed by atoms with Gasteiger partial charge < -0.3 is 39.6 Å². The van der Waals surface area contributed by atoms with Crippen molar-refractivity contribution in [1.29, 1.82) is 0 Å². The maximum atomic E-state index is 11.8. The zero-order valence-corrected chi connectivity index (χ0v) is 34.4. The first-order valence-electron chi connectivity index (χ1n) is 19.1. The average molecular weight is 788 g/mol. The van der Waals surface area contributed by atoms with E-state index in [9.17, 15) is 33.3 Å². The Kier molecular flexibility index (Phi) is 28.0. The Morgan fingerprint density at radius 1 is 0.648 bits per heavy atom. The van der Waals surface area contributed by atoms with E-state index >= 15 is 0 Å². The summed E-state index contributed by atoms with van der Waals surface area (Å²) in [6, 6.07) is 0.843. The molecule has 54 heavy (non-hydrogen) atoms. The number of aliphatic hydroxyl groups is 1. The van der Waals surface area contributed by atoms with Crippen molar-refractivity contribution in [1.82, 2.24) is 16.0 Å². The molecule has 0 radical (unpaired) electrons. The number of carbonyl (C=O) groups is 6. The number of allylic oxidation sites excluding steroid dienone is 2. The molecule has 0 heterocycles. The van der Waals surface area contributed by atoms with Crippen LogP contribution in [-0.2, 0) is 51.9 Å². The van der Waals surface area contributed by atoms with Crippen LogP contribution < -0.4 is 16.0 Å². The van der Waals surface area contributed by atoms with Gasteiger partial charge in [-0.05, 0) is 91.9 Å². The predicted octanol–water partition coefficient (Wildman–Crippen LogP) is 4.99. The number of Topliss-reactive ketones (excluding diaryl/α,β-unsaturated/α-hetero) is 1. The number of ketones is 1. The van der Waals surface area contributed by atoms with Crippen LogP contribution in [0.2, 0.25) is 0 Å². The summed E-state index contributed by atoms with van der Waals surface area (Å²) in [6.07, 6.45) is 13.6. The van der Waals surface area contributed by atoms with E-state index < -0.39 is 13.6 Å². The molecule has 0 atom stereocenters. The maximum absolute atomic E-state index is 11.8. The third-order valence-corrected chi connectivity index (χ3v) is 10.2. The van der Waals surface area contributed by atoms with Gasteiger partial charge in [-0.1, -0.05) is 17.2 Å². The highest BCUT2D eigenvalue weighted by molar-refractivity contribution is 7.54. The monoisotopic (exact) mass is 787 g/mol. The Labute approximate surface area is 321 Å². The minimum absolute atomic E-state index is 0.00403. The highest BCUT2D eigenvalue weighted by atomic mass is 31.2. The summed E-state index contributed by atoms with van der Waals surface area (Å²) < 4.78 is 31.1. The highest BCUT2D eigenvalue weighted by Crippen LogP contribution is 2.47. The molecule has 0 aromatic heterocycles. The zero-order valence-electron chi connectivity index (χ0n) is 33.5. The van der Waals surface area contributed by atoms with Crippen molar-refractivity contribution in [3.8, 4) is 0 Å². The first-order valence-corrected chi connectivity index (χ1v) is 20.8. The van der Waals surface area contributed by atoms with Crippen LogP contribution in [0, 0.1) is 0 Å². The number of amides is 3. The molecule has 310 valence electrons. The number of nitrogens with one attached hydrogen (secondary N) is 3. The van der Waals surface area contributed by atoms with Crippen LogP contribution in [0.4, 0.5) is 0 Å². The number of hydrogen-bond donors (Lipinski definition) is 4. The molecule has 16 heteroatoms. The molecule has 3 amide bonds. The molecule has 0 unspecified atom stereocenters. The minimum Gasteiger partial charge on any atom is -0.466 e. The van der Waals surface area contributed by atoms with Crippen LogP contribution in [-0.4, -0.2) is 97.9 Å². The summed E-state index contributed by atoms with van der Waals surface area (Å²) in [6.45, 7) is 12.8. The van der Waals surface area contributed by atoms with Crippen LogP contribution in [0.1, 0.15) is 126 Å². The van der Waals surface area contributed by atoms with Crippen molar-refractivity contribution in [2.75, 3.05) is 39.2 Å². The van der Waals surface area contributed by atoms with Crippen LogP contribution in [0.15, 0.2) is 23.3 Å². The Bertz CT molecular complexity index is 1250. The number of aliphatic hydroxyl groups excluding tert-OH is 1. The second-order valence-corrected chi connectivity index (χ2v) is 15.0. The molecule has 0 aromatic rings. The van der Waals surface area contributed by atoms with Gasteiger partial charge in [-0.25, -0.2) is 4.79 Å². The van der Waals surface area contributed by atoms with Crippen molar-refractivity contribution in [2.24, 2.45) is 0 Å². The first kappa shape index (κ1) is 50.6. The highest BCUT2D eigenvalue weighted by Gasteiger charge is 2.28. The average Bonchev–Trinajstić information content (AvgIpc) is 3.08. The van der Waals surface area contributed by atoms with E-state index in [-0.39, 0.29) is 68.4 Å². The zero-order chi connectivity index (χ0) is 40.9. The van der Waals surface area contributed by atoms with Gasteiger partial charge in [0, 0.05) is 57.8 Å². The van der Waals surface area contributed by atoms with Gasteiger partial charge in [0.15, 0.2) is 0 Å². The van der Waals surface area contributed by atoms with Gasteiger partial charge in [0.05, 0.1) is 33.0 Å². The Hall–Kier alpha value is -3.39. The van der Waals surface area contributed by atoms with E-state index in [0.29, 0.717) is 31.3 Å². The summed E-state index contributed by atoms with van der Waals surface area (Å²) in [5.74, 6) is -0.411. The molecule has 0 aromatic carbocycles. The van der Waals surface area contributed by atoms with Gasteiger partial charge in [-0.15, -0.1) is 0 Å². The summed E-state index contributed by atoms with van der Waals surface area (Å²) >= 11 is 0. The molecule has 3 rings (SSSR count). The number of ether oxygens (including phenoxy) is 2. The van der Waals surface area contributed by atoms with Crippen molar-refractivity contribution in [3.63, 3.8) is 0 Å². The predicted molar refractivity (Wildman–Crippen MR) is 205 cm³/mol. The second kappa shape index (κ2) is 29.9. The topological polar surface area (TPSA) is 213 Å². The second-order valence-electron chi connectivity index (χ2n) is 13.0. The summed E-state index contributed by atoms with van der Waals surface area (Å²) in [5, 5.41) is 17.3. The molecular weight excluding hydrogens is 721 g/mol. The minimum atomic E-state index is -3.28. The largest absolute Gasteiger partial charge is 0.466 e. The summed E-state index contributed by atoms with van der Waals surface area (Å²) in [4.78, 5) is 65.2. The lowest BCUT2D eigenvalue weighted by Crippen LogP contribution is -2.36. The maximum Gasteiger partial charge on any atom is 0.341 e. The van der Waals surface area contributed by atoms with Crippen molar-refractivity contribution >= 4 is 43.0 Å². The van der Waals surface area contributed by atoms with Crippen LogP contribution >= 0.6 is 7.60 Å². The molecular formula is C38H66N3O12P. The molecule has 0 bridgehead atoms. The third kappa shape index (κ3) is 26.4. The van der Waals surface area contributed by atoms with Gasteiger partial charge in [-0.2, -0.15) is 0 Å². The smallest absolute Gasteiger partial charge is 0.341 e. The van der Waals surface area contributed by atoms with Crippen LogP contribution in [0.5, 0.6) is 0 Å². The standard InChI is InChI=1S/C12H19NO3.C10H17NO2.C8H13NO2.C8H17O5P/c1-3-16-12(15)8-10-4-6-11(7-5-10)13-9(2)14;1-8(13)11-10-4-2-9(3-5-10)6-7-12;1-6(10)9-7-2-4-8(11)5-3-7;1-4-11-8(9)7-14(10,12-5-2)13-6-3/h8,11H,3-7H2,1-2H3,(H,13,14);6,10,12H,2-5,7H2,1H3,(H,11,13);7H,2-5H2,1H3,(H,9,10);4-7H2,1-3H3. The van der Waals surface area contributed by atoms with E-state index in [1.807, 2.05) is 6.08 Å². The molecule has 15 nitrogen and oxygen atoms in total. The fourth-order valence-corrected chi connectivity index (χ4v) is 7.38. The van der Waals surface area contributed by atoms with Crippen molar-refractivity contribution in [2.45, 2.75) is 144 Å². The number of esters is 2. The Balaban J connectivity index is 0.000000699. The van der Waals surface area contributed by atoms with Gasteiger partial charge >= 0.3 is 19.5 Å². The van der Waals surface area contributed by atoms with E-state index in [2.05, 4.69) is 20.7 Å². The molecule has 0 spiro atoms. The quantitative estimate of drug-likeness (QED) is 0.0842. The van der Waals surface area contributed by atoms with E-state index in [4.69, 9.17) is 18.9 Å². The number of rotatable bonds is 13. The molecule has 3 aliphatic carbocycles. The normalized spacial score (nSPS) is 18.4. The van der Waals surface area contributed by atoms with Gasteiger partial charge in [0.2, 0.25) is 17.7 Å². The molecule has 3 aliphatic rings. The van der Waals surface area contributed by atoms with Gasteiger partial charge in [0.1, 0.15) is 11.9 Å². The van der Waals surface area contributed by atoms with Crippen LogP contribution in [0.3, 0.4) is 0 Å². The first-order chi connectivity index (χ1) is 25.6. The lowest BCUT2D eigenvalue weighted by atomic mass is 9.90. The fourth-order valence-electron chi connectivity index (χ4n) is 5.93. The fraction of sp³-hybridized carbons (Fsp3) is 0.737. The van der Waals surface area contributed by atoms with Crippen LogP contribution in [0.25, 0.3) is 0 Å². The van der Waals surface area contributed by atoms with E-state index in [1.54, 1.807) is 40.7 Å². The molecule has 3 saturated carbocycles. The molecule has 3 fully saturated rings. The van der Waals surface area contributed by atoms with E-state index in [1.165, 1.54) is 19.4 Å². The number of carbonyl (C=O) groups excluding carboxylic acids is 6. The van der Waals surface area contributed by atoms with Gasteiger partial charge in [-0.3, -0.25) is 28.5 Å². The SMILES string of the molecule is CC(=O)NC1CCC(=CCO)CC1.CC(=O)NC1CCC(=O)CC1.CCOC(=O)C=C1CCC(NC(C)=O)CC1.CCOC(=O)CP(=O)(OCC)OCC. The van der Waals surface area contributed by atoms with E-state index in [0.717, 1.165) is 69.8 Å². The molecule has 0 aliphatic heterocycles. The number of hydrogen-bond acceptors (Lipinski definition) is 12. The Morgan fingerprint density at radius 2 is 1.04 bits per heavy atom. The lowest BCUT2D eigenvalue weighted by Gasteiger charge is -2.24. The summed E-state index contributed by atoms with van der Waals surface area (Å²) in [7, 11) is -3.28.